The van der Waals surface area contributed by atoms with Gasteiger partial charge in [0.15, 0.2) is 5.82 Å². The maximum Gasteiger partial charge on any atom is 0.223 e. The third kappa shape index (κ3) is 4.17. The van der Waals surface area contributed by atoms with E-state index in [1.54, 1.807) is 12.4 Å². The molecule has 24 heavy (non-hydrogen) atoms. The lowest BCUT2D eigenvalue weighted by molar-refractivity contribution is -0.139. The SMILES string of the molecule is CCCc1nc(C2CN(C(=O)CCc3cccnc3)CCO2)n[nH]1. The Morgan fingerprint density at radius 1 is 1.46 bits per heavy atom. The Kier molecular flexibility index (Phi) is 5.53. The molecule has 1 N–H and O–H groups in total. The van der Waals surface area contributed by atoms with Crippen molar-refractivity contribution in [3.8, 4) is 0 Å². The quantitative estimate of drug-likeness (QED) is 0.872. The van der Waals surface area contributed by atoms with Crippen molar-refractivity contribution in [1.29, 1.82) is 0 Å². The second kappa shape index (κ2) is 8.01. The molecular formula is C17H23N5O2. The molecule has 1 unspecified atom stereocenters. The average Bonchev–Trinajstić information content (AvgIpc) is 3.10. The summed E-state index contributed by atoms with van der Waals surface area (Å²) < 4.78 is 5.75. The standard InChI is InChI=1S/C17H23N5O2/c1-2-4-15-19-17(21-20-15)14-12-22(9-10-24-14)16(23)7-6-13-5-3-8-18-11-13/h3,5,8,11,14H,2,4,6-7,9-10,12H2,1H3,(H,19,20,21). The van der Waals surface area contributed by atoms with Crippen molar-refractivity contribution >= 4 is 5.91 Å². The lowest BCUT2D eigenvalue weighted by atomic mass is 10.1. The number of ether oxygens (including phenoxy) is 1. The molecular weight excluding hydrogens is 306 g/mol. The number of nitrogens with one attached hydrogen (secondary N) is 1. The van der Waals surface area contributed by atoms with Gasteiger partial charge in [0.25, 0.3) is 0 Å². The normalized spacial score (nSPS) is 17.9. The number of hydrogen-bond acceptors (Lipinski definition) is 5. The van der Waals surface area contributed by atoms with E-state index in [1.807, 2.05) is 17.0 Å². The van der Waals surface area contributed by atoms with Gasteiger partial charge >= 0.3 is 0 Å². The third-order valence-corrected chi connectivity index (χ3v) is 4.09. The molecule has 0 spiro atoms. The zero-order valence-electron chi connectivity index (χ0n) is 13.9. The van der Waals surface area contributed by atoms with E-state index < -0.39 is 0 Å². The van der Waals surface area contributed by atoms with Gasteiger partial charge in [-0.15, -0.1) is 0 Å². The largest absolute Gasteiger partial charge is 0.366 e. The first-order chi connectivity index (χ1) is 11.8. The predicted molar refractivity (Wildman–Crippen MR) is 88.2 cm³/mol. The lowest BCUT2D eigenvalue weighted by Gasteiger charge is -2.31. The summed E-state index contributed by atoms with van der Waals surface area (Å²) in [4.78, 5) is 22.9. The molecule has 1 fully saturated rings. The zero-order chi connectivity index (χ0) is 16.8. The van der Waals surface area contributed by atoms with E-state index in [0.717, 1.165) is 24.2 Å². The number of aromatic nitrogens is 4. The monoisotopic (exact) mass is 329 g/mol. The van der Waals surface area contributed by atoms with Gasteiger partial charge in [0, 0.05) is 31.8 Å². The number of rotatable bonds is 6. The summed E-state index contributed by atoms with van der Waals surface area (Å²) in [5, 5.41) is 7.18. The first-order valence-corrected chi connectivity index (χ1v) is 8.45. The van der Waals surface area contributed by atoms with Gasteiger partial charge < -0.3 is 9.64 Å². The topological polar surface area (TPSA) is 84.0 Å². The van der Waals surface area contributed by atoms with Gasteiger partial charge in [-0.3, -0.25) is 14.9 Å². The maximum absolute atomic E-state index is 12.5. The number of carbonyl (C=O) groups excluding carboxylic acids is 1. The van der Waals surface area contributed by atoms with Gasteiger partial charge in [-0.05, 0) is 24.5 Å². The van der Waals surface area contributed by atoms with Crippen molar-refractivity contribution in [3.63, 3.8) is 0 Å². The number of amides is 1. The molecule has 0 bridgehead atoms. The van der Waals surface area contributed by atoms with Gasteiger partial charge in [0.1, 0.15) is 11.9 Å². The van der Waals surface area contributed by atoms with Crippen LogP contribution in [0.2, 0.25) is 0 Å². The number of aromatic amines is 1. The zero-order valence-corrected chi connectivity index (χ0v) is 13.9. The first-order valence-electron chi connectivity index (χ1n) is 8.45. The maximum atomic E-state index is 12.5. The second-order valence-corrected chi connectivity index (χ2v) is 5.95. The Morgan fingerprint density at radius 3 is 3.17 bits per heavy atom. The molecule has 128 valence electrons. The Morgan fingerprint density at radius 2 is 2.38 bits per heavy atom. The van der Waals surface area contributed by atoms with E-state index in [1.165, 1.54) is 0 Å². The van der Waals surface area contributed by atoms with Crippen molar-refractivity contribution in [1.82, 2.24) is 25.1 Å². The molecule has 1 atom stereocenters. The number of aryl methyl sites for hydroxylation is 2. The van der Waals surface area contributed by atoms with Gasteiger partial charge in [-0.25, -0.2) is 4.98 Å². The van der Waals surface area contributed by atoms with Gasteiger partial charge in [0.2, 0.25) is 5.91 Å². The average molecular weight is 329 g/mol. The van der Waals surface area contributed by atoms with Gasteiger partial charge in [-0.2, -0.15) is 5.10 Å². The van der Waals surface area contributed by atoms with Crippen molar-refractivity contribution < 1.29 is 9.53 Å². The summed E-state index contributed by atoms with van der Waals surface area (Å²) in [7, 11) is 0. The van der Waals surface area contributed by atoms with Crippen LogP contribution in [0.5, 0.6) is 0 Å². The smallest absolute Gasteiger partial charge is 0.223 e. The molecule has 1 aliphatic heterocycles. The number of morpholine rings is 1. The third-order valence-electron chi connectivity index (χ3n) is 4.09. The number of hydrogen-bond donors (Lipinski definition) is 1. The molecule has 2 aromatic rings. The lowest BCUT2D eigenvalue weighted by Crippen LogP contribution is -2.42. The molecule has 0 radical (unpaired) electrons. The minimum Gasteiger partial charge on any atom is -0.366 e. The Labute approximate surface area is 141 Å². The molecule has 1 aliphatic rings. The van der Waals surface area contributed by atoms with E-state index in [4.69, 9.17) is 4.74 Å². The summed E-state index contributed by atoms with van der Waals surface area (Å²) in [6.07, 6.45) is 6.36. The van der Waals surface area contributed by atoms with E-state index >= 15 is 0 Å². The highest BCUT2D eigenvalue weighted by molar-refractivity contribution is 5.76. The molecule has 2 aromatic heterocycles. The van der Waals surface area contributed by atoms with E-state index in [9.17, 15) is 4.79 Å². The van der Waals surface area contributed by atoms with Crippen LogP contribution in [0.4, 0.5) is 0 Å². The molecule has 7 heteroatoms. The van der Waals surface area contributed by atoms with Crippen LogP contribution in [0.1, 0.15) is 43.1 Å². The summed E-state index contributed by atoms with van der Waals surface area (Å²) in [5.41, 5.74) is 1.08. The van der Waals surface area contributed by atoms with E-state index in [2.05, 4.69) is 27.1 Å². The van der Waals surface area contributed by atoms with Crippen LogP contribution < -0.4 is 0 Å². The van der Waals surface area contributed by atoms with Crippen LogP contribution in [0.3, 0.4) is 0 Å². The van der Waals surface area contributed by atoms with Crippen molar-refractivity contribution in [2.45, 2.75) is 38.7 Å². The highest BCUT2D eigenvalue weighted by atomic mass is 16.5. The van der Waals surface area contributed by atoms with Crippen LogP contribution >= 0.6 is 0 Å². The minimum absolute atomic E-state index is 0.136. The number of nitrogens with zero attached hydrogens (tertiary/aromatic N) is 4. The van der Waals surface area contributed by atoms with Crippen LogP contribution in [-0.2, 0) is 22.4 Å². The van der Waals surface area contributed by atoms with Crippen LogP contribution in [0, 0.1) is 0 Å². The van der Waals surface area contributed by atoms with Crippen molar-refractivity contribution in [3.05, 3.63) is 41.7 Å². The minimum atomic E-state index is -0.247. The molecule has 0 aromatic carbocycles. The van der Waals surface area contributed by atoms with E-state index in [-0.39, 0.29) is 12.0 Å². The highest BCUT2D eigenvalue weighted by Gasteiger charge is 2.27. The van der Waals surface area contributed by atoms with Crippen LogP contribution in [-0.4, -0.2) is 50.7 Å². The molecule has 0 aliphatic carbocycles. The second-order valence-electron chi connectivity index (χ2n) is 5.95. The molecule has 3 rings (SSSR count). The Hall–Kier alpha value is -2.28. The number of carbonyl (C=O) groups is 1. The predicted octanol–water partition coefficient (Wildman–Crippen LogP) is 1.68. The number of H-pyrrole nitrogens is 1. The first kappa shape index (κ1) is 16.6. The van der Waals surface area contributed by atoms with Crippen molar-refractivity contribution in [2.75, 3.05) is 19.7 Å². The Balaban J connectivity index is 1.55. The molecule has 1 amide bonds. The molecule has 7 nitrogen and oxygen atoms in total. The molecule has 0 saturated carbocycles. The fourth-order valence-electron chi connectivity index (χ4n) is 2.79. The molecule has 1 saturated heterocycles. The van der Waals surface area contributed by atoms with E-state index in [0.29, 0.717) is 38.4 Å². The fourth-order valence-corrected chi connectivity index (χ4v) is 2.79. The summed E-state index contributed by atoms with van der Waals surface area (Å²) in [6, 6.07) is 3.88. The molecule has 3 heterocycles. The van der Waals surface area contributed by atoms with Gasteiger partial charge in [-0.1, -0.05) is 13.0 Å². The van der Waals surface area contributed by atoms with Crippen molar-refractivity contribution in [2.24, 2.45) is 0 Å². The Bertz CT molecular complexity index is 658. The summed E-state index contributed by atoms with van der Waals surface area (Å²) >= 11 is 0. The fraction of sp³-hybridized carbons (Fsp3) is 0.529. The van der Waals surface area contributed by atoms with Crippen LogP contribution in [0.25, 0.3) is 0 Å². The summed E-state index contributed by atoms with van der Waals surface area (Å²) in [6.45, 7) is 3.74. The van der Waals surface area contributed by atoms with Crippen LogP contribution in [0.15, 0.2) is 24.5 Å². The summed E-state index contributed by atoms with van der Waals surface area (Å²) in [5.74, 6) is 1.65. The van der Waals surface area contributed by atoms with Gasteiger partial charge in [0.05, 0.1) is 13.2 Å². The number of pyridine rings is 1. The highest BCUT2D eigenvalue weighted by Crippen LogP contribution is 2.20.